The maximum Gasteiger partial charge on any atom is 0.394 e. The Morgan fingerprint density at radius 1 is 1.12 bits per heavy atom. The van der Waals surface area contributed by atoms with Gasteiger partial charge in [0.1, 0.15) is 0 Å². The zero-order valence-electron chi connectivity index (χ0n) is 3.28. The Kier molecular flexibility index (Phi) is 22.3. The maximum atomic E-state index is 8.74. The number of halogens is 2. The largest absolute Gasteiger partial charge is 0.394 e. The summed E-state index contributed by atoms with van der Waals surface area (Å²) in [5.41, 5.74) is 0. The Labute approximate surface area is 62.5 Å². The van der Waals surface area contributed by atoms with Crippen LogP contribution in [0.3, 0.4) is 0 Å². The van der Waals surface area contributed by atoms with E-state index in [9.17, 15) is 0 Å². The van der Waals surface area contributed by atoms with Gasteiger partial charge in [-0.25, -0.2) is 0 Å². The molecule has 0 unspecified atom stereocenters. The number of hydrogen-bond donors (Lipinski definition) is 2. The van der Waals surface area contributed by atoms with E-state index in [1.54, 1.807) is 0 Å². The summed E-state index contributed by atoms with van der Waals surface area (Å²) in [6.07, 6.45) is 0. The van der Waals surface area contributed by atoms with E-state index in [1.807, 2.05) is 0 Å². The second kappa shape index (κ2) is 7.61. The third-order valence-electron chi connectivity index (χ3n) is 0. The van der Waals surface area contributed by atoms with Crippen LogP contribution in [0.15, 0.2) is 0 Å². The van der Waals surface area contributed by atoms with Crippen LogP contribution in [-0.2, 0) is 27.5 Å². The summed E-state index contributed by atoms with van der Waals surface area (Å²) in [6.45, 7) is 0. The molecule has 2 N–H and O–H groups in total. The summed E-state index contributed by atoms with van der Waals surface area (Å²) in [6, 6.07) is 0. The van der Waals surface area contributed by atoms with Crippen molar-refractivity contribution in [2.24, 2.45) is 0 Å². The van der Waals surface area contributed by atoms with E-state index in [2.05, 4.69) is 0 Å². The molecule has 2 radical (unpaired) electrons. The molecule has 8 heteroatoms. The van der Waals surface area contributed by atoms with E-state index in [4.69, 9.17) is 17.5 Å². The average molecular weight is 208 g/mol. The molecule has 0 saturated carbocycles. The van der Waals surface area contributed by atoms with E-state index in [-0.39, 0.29) is 34.2 Å². The second-order valence-electron chi connectivity index (χ2n) is 0.448. The minimum Gasteiger partial charge on any atom is -0.264 e. The van der Waals surface area contributed by atoms with Crippen LogP contribution in [0.25, 0.3) is 0 Å². The van der Waals surface area contributed by atoms with E-state index in [0.29, 0.717) is 0 Å². The van der Waals surface area contributed by atoms with Crippen molar-refractivity contribution < 1.29 is 39.3 Å². The van der Waals surface area contributed by atoms with Gasteiger partial charge >= 0.3 is 10.4 Å². The van der Waals surface area contributed by atoms with Gasteiger partial charge in [-0.05, 0) is 0 Å². The molecule has 0 atom stereocenters. The van der Waals surface area contributed by atoms with Crippen LogP contribution in [0, 0.1) is 0 Å². The predicted molar refractivity (Wildman–Crippen MR) is 22.5 cm³/mol. The van der Waals surface area contributed by atoms with Crippen LogP contribution in [0.2, 0.25) is 0 Å². The van der Waals surface area contributed by atoms with Crippen molar-refractivity contribution in [3.63, 3.8) is 0 Å². The first-order chi connectivity index (χ1) is 2.00. The van der Waals surface area contributed by atoms with Crippen molar-refractivity contribution in [3.05, 3.63) is 0 Å². The smallest absolute Gasteiger partial charge is 0.264 e. The zero-order valence-corrected chi connectivity index (χ0v) is 6.10. The second-order valence-corrected chi connectivity index (χ2v) is 1.34. The molecule has 0 aliphatic rings. The first-order valence-electron chi connectivity index (χ1n) is 0.698. The summed E-state index contributed by atoms with van der Waals surface area (Å²) in [4.78, 5) is 0. The van der Waals surface area contributed by atoms with E-state index >= 15 is 0 Å². The molecule has 0 aromatic rings. The molecule has 0 aliphatic carbocycles. The quantitative estimate of drug-likeness (QED) is 0.440. The predicted octanol–water partition coefficient (Wildman–Crippen LogP) is 0.187. The Balaban J connectivity index is -0.0000000267. The van der Waals surface area contributed by atoms with Crippen molar-refractivity contribution in [2.45, 2.75) is 0 Å². The Hall–Kier alpha value is 0.609. The minimum atomic E-state index is -4.67. The molecule has 0 amide bonds. The molecular weight excluding hydrogens is 205 g/mol. The van der Waals surface area contributed by atoms with Crippen molar-refractivity contribution in [3.8, 4) is 0 Å². The topological polar surface area (TPSA) is 74.6 Å². The monoisotopic (exact) mass is 208 g/mol. The van der Waals surface area contributed by atoms with Crippen molar-refractivity contribution in [1.29, 1.82) is 0 Å². The van der Waals surface area contributed by atoms with Gasteiger partial charge in [0.15, 0.2) is 0 Å². The van der Waals surface area contributed by atoms with Gasteiger partial charge in [0, 0.05) is 21.8 Å². The first kappa shape index (κ1) is 23.5. The van der Waals surface area contributed by atoms with Gasteiger partial charge in [-0.1, -0.05) is 0 Å². The fourth-order valence-corrected chi connectivity index (χ4v) is 0. The molecule has 0 aromatic carbocycles. The zero-order chi connectivity index (χ0) is 4.50. The molecule has 0 saturated heterocycles. The molecule has 0 bridgehead atoms. The average Bonchev–Trinajstić information content (AvgIpc) is 0.722. The van der Waals surface area contributed by atoms with Crippen molar-refractivity contribution in [1.82, 2.24) is 0 Å². The molecule has 0 fully saturated rings. The molecule has 8 heavy (non-hydrogen) atoms. The van der Waals surface area contributed by atoms with Gasteiger partial charge in [-0.2, -0.15) is 8.42 Å². The summed E-state index contributed by atoms with van der Waals surface area (Å²) in [5, 5.41) is 0. The SMILES string of the molecule is Cl.O=S(=O)(O)O.[F].[Mn]. The van der Waals surface area contributed by atoms with Crippen LogP contribution in [0.1, 0.15) is 0 Å². The van der Waals surface area contributed by atoms with Crippen molar-refractivity contribution >= 4 is 22.8 Å². The fourth-order valence-electron chi connectivity index (χ4n) is 0. The molecule has 0 aliphatic heterocycles. The van der Waals surface area contributed by atoms with Gasteiger partial charge in [0.2, 0.25) is 0 Å². The van der Waals surface area contributed by atoms with Gasteiger partial charge < -0.3 is 0 Å². The Morgan fingerprint density at radius 3 is 1.12 bits per heavy atom. The molecule has 0 spiro atoms. The van der Waals surface area contributed by atoms with E-state index in [0.717, 1.165) is 0 Å². The van der Waals surface area contributed by atoms with E-state index < -0.39 is 10.4 Å². The molecule has 0 heterocycles. The molecular formula is H3ClFMnO4S. The van der Waals surface area contributed by atoms with Gasteiger partial charge in [-0.3, -0.25) is 9.11 Å². The third-order valence-corrected chi connectivity index (χ3v) is 0. The van der Waals surface area contributed by atoms with Crippen LogP contribution in [-0.4, -0.2) is 17.5 Å². The molecule has 54 valence electrons. The maximum absolute atomic E-state index is 8.74. The fraction of sp³-hybridized carbons (Fsp3) is 0. The molecule has 4 nitrogen and oxygen atoms in total. The normalized spacial score (nSPS) is 7.25. The number of rotatable bonds is 0. The molecule has 0 rings (SSSR count). The summed E-state index contributed by atoms with van der Waals surface area (Å²) in [5.74, 6) is 0. The van der Waals surface area contributed by atoms with Crippen LogP contribution < -0.4 is 0 Å². The summed E-state index contributed by atoms with van der Waals surface area (Å²) in [7, 11) is -4.67. The van der Waals surface area contributed by atoms with Crippen molar-refractivity contribution in [2.75, 3.05) is 0 Å². The summed E-state index contributed by atoms with van der Waals surface area (Å²) < 4.78 is 31.6. The van der Waals surface area contributed by atoms with Gasteiger partial charge in [-0.15, -0.1) is 12.4 Å². The minimum absolute atomic E-state index is 0. The Bertz CT molecular complexity index is 99.2. The van der Waals surface area contributed by atoms with Gasteiger partial charge in [0.25, 0.3) is 0 Å². The number of hydrogen-bond acceptors (Lipinski definition) is 2. The first-order valence-corrected chi connectivity index (χ1v) is 2.10. The van der Waals surface area contributed by atoms with Crippen LogP contribution >= 0.6 is 12.4 Å². The van der Waals surface area contributed by atoms with Crippen LogP contribution in [0.4, 0.5) is 4.70 Å². The van der Waals surface area contributed by atoms with Crippen LogP contribution in [0.5, 0.6) is 0 Å². The Morgan fingerprint density at radius 2 is 1.12 bits per heavy atom. The van der Waals surface area contributed by atoms with Gasteiger partial charge in [0.05, 0.1) is 0 Å². The van der Waals surface area contributed by atoms with E-state index in [1.165, 1.54) is 0 Å². The standard InChI is InChI=1S/ClH.F.Mn.H2O4S/c;;;1-5(2,3)4/h1H;;;(H2,1,2,3,4). The molecule has 0 aromatic heterocycles. The third kappa shape index (κ3) is 560. The summed E-state index contributed by atoms with van der Waals surface area (Å²) >= 11 is 0.